The number of aliphatic hydroxyl groups is 2. The summed E-state index contributed by atoms with van der Waals surface area (Å²) in [7, 11) is 0. The first-order chi connectivity index (χ1) is 14.7. The molecule has 2 aliphatic carbocycles. The second-order valence-corrected chi connectivity index (χ2v) is 10.6. The van der Waals surface area contributed by atoms with Crippen molar-refractivity contribution in [2.45, 2.75) is 59.2 Å². The summed E-state index contributed by atoms with van der Waals surface area (Å²) in [6, 6.07) is 21.4. The maximum Gasteiger partial charge on any atom is 0.0646 e. The Kier molecular flexibility index (Phi) is 7.62. The van der Waals surface area contributed by atoms with Gasteiger partial charge < -0.3 is 15.2 Å². The summed E-state index contributed by atoms with van der Waals surface area (Å²) in [6.45, 7) is 8.48. The van der Waals surface area contributed by atoms with Gasteiger partial charge in [-0.3, -0.25) is 0 Å². The van der Waals surface area contributed by atoms with Crippen molar-refractivity contribution >= 4 is 10.8 Å². The van der Waals surface area contributed by atoms with E-state index in [2.05, 4.69) is 50.9 Å². The fraction of sp³-hybridized carbons (Fsp3) is 0.464. The van der Waals surface area contributed by atoms with Gasteiger partial charge in [0.25, 0.3) is 0 Å². The fourth-order valence-corrected chi connectivity index (χ4v) is 5.54. The Morgan fingerprint density at radius 3 is 2.31 bits per heavy atom. The van der Waals surface area contributed by atoms with Crippen molar-refractivity contribution in [1.29, 1.82) is 0 Å². The summed E-state index contributed by atoms with van der Waals surface area (Å²) in [6.07, 6.45) is 4.47. The average molecular weight is 609 g/mol. The summed E-state index contributed by atoms with van der Waals surface area (Å²) < 4.78 is 0. The normalized spacial score (nSPS) is 27.6. The van der Waals surface area contributed by atoms with Crippen LogP contribution in [0, 0.1) is 28.7 Å². The molecule has 5 rings (SSSR count). The average Bonchev–Trinajstić information content (AvgIpc) is 3.00. The molecule has 0 amide bonds. The van der Waals surface area contributed by atoms with Crippen LogP contribution in [0.2, 0.25) is 0 Å². The third kappa shape index (κ3) is 4.84. The van der Waals surface area contributed by atoms with Gasteiger partial charge in [0.1, 0.15) is 0 Å². The van der Waals surface area contributed by atoms with E-state index in [1.165, 1.54) is 10.8 Å². The van der Waals surface area contributed by atoms with Crippen molar-refractivity contribution in [3.8, 4) is 11.3 Å². The number of aromatic nitrogens is 1. The van der Waals surface area contributed by atoms with Crippen molar-refractivity contribution in [3.05, 3.63) is 66.9 Å². The minimum atomic E-state index is -0.340. The molecule has 4 unspecified atom stereocenters. The molecule has 4 heteroatoms. The van der Waals surface area contributed by atoms with Crippen molar-refractivity contribution in [3.63, 3.8) is 0 Å². The summed E-state index contributed by atoms with van der Waals surface area (Å²) in [5.41, 5.74) is 2.00. The standard InChI is InChI=1S/C15H10N.C13H24O2.Ir/c1-2-7-13(8-3-1)15-14-9-5-4-6-12(14)10-11-16-15;1-12(2)6-5-8-7-13(3,4)11(15)9(8)10(12)14;/h1-7,9-11H;8-11,14-15H,5-7H2,1-4H3;/q-1;;. The van der Waals surface area contributed by atoms with E-state index in [4.69, 9.17) is 0 Å². The zero-order chi connectivity index (χ0) is 22.2. The number of hydrogen-bond donors (Lipinski definition) is 2. The Bertz CT molecular complexity index is 1030. The van der Waals surface area contributed by atoms with E-state index in [-0.39, 0.29) is 49.1 Å². The Hall–Kier alpha value is -1.58. The monoisotopic (exact) mass is 609 g/mol. The summed E-state index contributed by atoms with van der Waals surface area (Å²) >= 11 is 0. The number of fused-ring (bicyclic) bond motifs is 2. The first-order valence-corrected chi connectivity index (χ1v) is 11.4. The first-order valence-electron chi connectivity index (χ1n) is 11.4. The van der Waals surface area contributed by atoms with Crippen LogP contribution in [-0.2, 0) is 20.1 Å². The van der Waals surface area contributed by atoms with E-state index in [0.717, 1.165) is 30.5 Å². The quantitative estimate of drug-likeness (QED) is 0.339. The van der Waals surface area contributed by atoms with Gasteiger partial charge in [-0.2, -0.15) is 0 Å². The van der Waals surface area contributed by atoms with Gasteiger partial charge in [0, 0.05) is 32.2 Å². The molecule has 0 aliphatic heterocycles. The number of benzene rings is 2. The molecular formula is C28H34IrNO2-. The molecule has 1 heterocycles. The molecule has 2 saturated carbocycles. The van der Waals surface area contributed by atoms with Crippen LogP contribution in [0.4, 0.5) is 0 Å². The Labute approximate surface area is 205 Å². The molecule has 4 atom stereocenters. The maximum atomic E-state index is 10.3. The van der Waals surface area contributed by atoms with E-state index < -0.39 is 0 Å². The summed E-state index contributed by atoms with van der Waals surface area (Å²) in [5, 5.41) is 23.0. The topological polar surface area (TPSA) is 53.4 Å². The Balaban J connectivity index is 0.000000176. The van der Waals surface area contributed by atoms with Crippen LogP contribution in [0.3, 0.4) is 0 Å². The molecule has 0 bridgehead atoms. The fourth-order valence-electron chi connectivity index (χ4n) is 5.54. The molecule has 3 aromatic rings. The van der Waals surface area contributed by atoms with Crippen LogP contribution >= 0.6 is 0 Å². The number of nitrogens with zero attached hydrogens (tertiary/aromatic N) is 1. The summed E-state index contributed by atoms with van der Waals surface area (Å²) in [4.78, 5) is 4.45. The largest absolute Gasteiger partial charge is 0.392 e. The van der Waals surface area contributed by atoms with Crippen LogP contribution < -0.4 is 0 Å². The van der Waals surface area contributed by atoms with Crippen LogP contribution in [0.1, 0.15) is 47.0 Å². The minimum absolute atomic E-state index is 0. The van der Waals surface area contributed by atoms with E-state index in [1.54, 1.807) is 0 Å². The molecule has 32 heavy (non-hydrogen) atoms. The third-order valence-electron chi connectivity index (χ3n) is 7.46. The minimum Gasteiger partial charge on any atom is -0.392 e. The predicted octanol–water partition coefficient (Wildman–Crippen LogP) is 5.89. The smallest absolute Gasteiger partial charge is 0.0646 e. The molecule has 2 fully saturated rings. The molecule has 0 saturated heterocycles. The first kappa shape index (κ1) is 25.0. The molecule has 173 valence electrons. The number of rotatable bonds is 1. The van der Waals surface area contributed by atoms with Gasteiger partial charge in [0.05, 0.1) is 12.2 Å². The molecule has 2 aromatic carbocycles. The van der Waals surface area contributed by atoms with E-state index in [0.29, 0.717) is 5.92 Å². The number of hydrogen-bond acceptors (Lipinski definition) is 3. The van der Waals surface area contributed by atoms with Crippen molar-refractivity contribution in [2.75, 3.05) is 0 Å². The van der Waals surface area contributed by atoms with Crippen LogP contribution in [0.15, 0.2) is 60.8 Å². The van der Waals surface area contributed by atoms with Gasteiger partial charge in [0.15, 0.2) is 0 Å². The van der Waals surface area contributed by atoms with Gasteiger partial charge in [-0.25, -0.2) is 0 Å². The van der Waals surface area contributed by atoms with Crippen molar-refractivity contribution in [2.24, 2.45) is 22.7 Å². The maximum absolute atomic E-state index is 10.3. The third-order valence-corrected chi connectivity index (χ3v) is 7.46. The molecular weight excluding hydrogens is 575 g/mol. The van der Waals surface area contributed by atoms with Gasteiger partial charge in [-0.05, 0) is 58.5 Å². The second-order valence-electron chi connectivity index (χ2n) is 10.6. The Morgan fingerprint density at radius 1 is 0.906 bits per heavy atom. The molecule has 3 nitrogen and oxygen atoms in total. The molecule has 2 N–H and O–H groups in total. The van der Waals surface area contributed by atoms with E-state index >= 15 is 0 Å². The van der Waals surface area contributed by atoms with Gasteiger partial charge >= 0.3 is 0 Å². The van der Waals surface area contributed by atoms with Gasteiger partial charge in [0.2, 0.25) is 0 Å². The zero-order valence-electron chi connectivity index (χ0n) is 19.4. The molecule has 1 aromatic heterocycles. The SMILES string of the molecule is CC1(C)CCC2CC(C)(C)C(O)C2C1O.[Ir].[c-]1ccccc1-c1nccc2ccccc12. The number of pyridine rings is 1. The van der Waals surface area contributed by atoms with Crippen LogP contribution in [0.25, 0.3) is 22.0 Å². The van der Waals surface area contributed by atoms with Crippen molar-refractivity contribution < 1.29 is 30.3 Å². The van der Waals surface area contributed by atoms with Crippen LogP contribution in [0.5, 0.6) is 0 Å². The van der Waals surface area contributed by atoms with E-state index in [1.807, 2.05) is 48.7 Å². The Morgan fingerprint density at radius 2 is 1.59 bits per heavy atom. The molecule has 2 aliphatic rings. The number of aliphatic hydroxyl groups excluding tert-OH is 2. The van der Waals surface area contributed by atoms with Gasteiger partial charge in [-0.1, -0.05) is 52.0 Å². The second kappa shape index (κ2) is 9.73. The van der Waals surface area contributed by atoms with Crippen molar-refractivity contribution in [1.82, 2.24) is 4.98 Å². The van der Waals surface area contributed by atoms with Crippen LogP contribution in [-0.4, -0.2) is 27.4 Å². The zero-order valence-corrected chi connectivity index (χ0v) is 21.8. The molecule has 0 spiro atoms. The molecule has 1 radical (unpaired) electrons. The van der Waals surface area contributed by atoms with E-state index in [9.17, 15) is 10.2 Å². The predicted molar refractivity (Wildman–Crippen MR) is 126 cm³/mol. The van der Waals surface area contributed by atoms with Gasteiger partial charge in [-0.15, -0.1) is 35.9 Å². The summed E-state index contributed by atoms with van der Waals surface area (Å²) in [5.74, 6) is 0.627.